The van der Waals surface area contributed by atoms with Gasteiger partial charge < -0.3 is 29.2 Å². The minimum Gasteiger partial charge on any atom is -0.504 e. The highest BCUT2D eigenvalue weighted by atomic mass is 32.2. The molecule has 0 amide bonds. The van der Waals surface area contributed by atoms with Gasteiger partial charge in [0.1, 0.15) is 16.7 Å². The number of benzene rings is 5. The molecule has 12 heteroatoms. The summed E-state index contributed by atoms with van der Waals surface area (Å²) in [6, 6.07) is 2.35. The molecule has 6 rings (SSSR count). The lowest BCUT2D eigenvalue weighted by Crippen LogP contribution is -2.21. The molecule has 208 valence electrons. The molecule has 3 N–H and O–H groups in total. The van der Waals surface area contributed by atoms with Crippen LogP contribution in [0.1, 0.15) is 23.3 Å². The van der Waals surface area contributed by atoms with E-state index in [0.29, 0.717) is 16.3 Å². The van der Waals surface area contributed by atoms with Gasteiger partial charge in [-0.1, -0.05) is 6.92 Å². The van der Waals surface area contributed by atoms with Gasteiger partial charge in [-0.15, -0.1) is 0 Å². The number of hydrogen-bond donors (Lipinski definition) is 3. The number of methoxy groups -OCH3 is 4. The van der Waals surface area contributed by atoms with Crippen LogP contribution >= 0.6 is 0 Å². The van der Waals surface area contributed by atoms with Crippen molar-refractivity contribution < 1.29 is 42.1 Å². The molecule has 0 fully saturated rings. The Morgan fingerprint density at radius 3 is 1.62 bits per heavy atom. The minimum absolute atomic E-state index is 0.0407. The standard InChI is InChI=1S/C28H24O11S/c1-9-6-10-15-20-16(24(31)26(10)38-4)11(29)7-13(36-2)18(20)19-14(37-3)8-12(30)17-22(19)21(15)23(27(39-5)25(17)32)28(9)40(33,34)35/h7-9,28,31-32H,6H2,1-5H3,(H,33,34,35). The average Bonchev–Trinajstić information content (AvgIpc) is 3.02. The summed E-state index contributed by atoms with van der Waals surface area (Å²) >= 11 is 0. The molecule has 0 saturated carbocycles. The monoisotopic (exact) mass is 568 g/mol. The average molecular weight is 569 g/mol. The Morgan fingerprint density at radius 1 is 0.700 bits per heavy atom. The van der Waals surface area contributed by atoms with Gasteiger partial charge in [-0.3, -0.25) is 14.1 Å². The topological polar surface area (TPSA) is 166 Å². The van der Waals surface area contributed by atoms with Crippen molar-refractivity contribution in [3.63, 3.8) is 0 Å². The lowest BCUT2D eigenvalue weighted by Gasteiger charge is -2.25. The molecular formula is C28H24O11S. The zero-order chi connectivity index (χ0) is 29.0. The Hall–Kier alpha value is -4.29. The number of hydrogen-bond acceptors (Lipinski definition) is 10. The third-order valence-corrected chi connectivity index (χ3v) is 9.34. The van der Waals surface area contributed by atoms with E-state index in [1.807, 2.05) is 0 Å². The summed E-state index contributed by atoms with van der Waals surface area (Å²) in [6.45, 7) is 1.58. The highest BCUT2D eigenvalue weighted by Crippen LogP contribution is 2.59. The molecule has 0 saturated heterocycles. The predicted octanol–water partition coefficient (Wildman–Crippen LogP) is 3.46. The number of phenols is 2. The van der Waals surface area contributed by atoms with E-state index in [0.717, 1.165) is 6.07 Å². The molecular weight excluding hydrogens is 544 g/mol. The second-order valence-electron chi connectivity index (χ2n) is 9.93. The van der Waals surface area contributed by atoms with Crippen molar-refractivity contribution in [3.8, 4) is 34.5 Å². The molecule has 0 radical (unpaired) electrons. The second kappa shape index (κ2) is 8.35. The van der Waals surface area contributed by atoms with E-state index >= 15 is 0 Å². The quantitative estimate of drug-likeness (QED) is 0.161. The van der Waals surface area contributed by atoms with Gasteiger partial charge in [0.25, 0.3) is 10.1 Å². The summed E-state index contributed by atoms with van der Waals surface area (Å²) in [7, 11) is 0.348. The first kappa shape index (κ1) is 26.0. The van der Waals surface area contributed by atoms with Gasteiger partial charge >= 0.3 is 0 Å². The van der Waals surface area contributed by atoms with Crippen molar-refractivity contribution in [2.24, 2.45) is 5.92 Å². The Balaban J connectivity index is 2.20. The first-order valence-corrected chi connectivity index (χ1v) is 13.7. The smallest absolute Gasteiger partial charge is 0.272 e. The summed E-state index contributed by atoms with van der Waals surface area (Å²) < 4.78 is 58.8. The molecule has 0 bridgehead atoms. The normalized spacial score (nSPS) is 17.2. The summed E-state index contributed by atoms with van der Waals surface area (Å²) in [5.41, 5.74) is -0.980. The van der Waals surface area contributed by atoms with Crippen LogP contribution in [0.2, 0.25) is 0 Å². The molecule has 1 aliphatic rings. The highest BCUT2D eigenvalue weighted by Gasteiger charge is 2.43. The zero-order valence-corrected chi connectivity index (χ0v) is 22.8. The number of phenolic OH excluding ortho intramolecular Hbond substituents is 2. The maximum Gasteiger partial charge on any atom is 0.272 e. The molecule has 1 aliphatic carbocycles. The largest absolute Gasteiger partial charge is 0.504 e. The maximum atomic E-state index is 13.5. The lowest BCUT2D eigenvalue weighted by atomic mass is 9.84. The van der Waals surface area contributed by atoms with Crippen molar-refractivity contribution in [1.82, 2.24) is 0 Å². The molecule has 0 spiro atoms. The van der Waals surface area contributed by atoms with E-state index in [1.54, 1.807) is 6.92 Å². The first-order chi connectivity index (χ1) is 18.9. The fraction of sp³-hybridized carbons (Fsp3) is 0.286. The van der Waals surface area contributed by atoms with Crippen molar-refractivity contribution in [2.45, 2.75) is 18.6 Å². The number of fused-ring (bicyclic) bond motifs is 1. The number of rotatable bonds is 5. The van der Waals surface area contributed by atoms with Gasteiger partial charge in [-0.05, 0) is 17.7 Å². The summed E-state index contributed by atoms with van der Waals surface area (Å²) in [6.07, 6.45) is -0.0407. The van der Waals surface area contributed by atoms with Crippen LogP contribution < -0.4 is 29.8 Å². The third-order valence-electron chi connectivity index (χ3n) is 8.00. The van der Waals surface area contributed by atoms with Crippen LogP contribution in [0.25, 0.3) is 43.1 Å². The van der Waals surface area contributed by atoms with Crippen LogP contribution in [-0.2, 0) is 16.5 Å². The second-order valence-corrected chi connectivity index (χ2v) is 11.5. The van der Waals surface area contributed by atoms with E-state index in [1.165, 1.54) is 34.5 Å². The summed E-state index contributed by atoms with van der Waals surface area (Å²) in [5.74, 6) is -2.12. The highest BCUT2D eigenvalue weighted by molar-refractivity contribution is 7.86. The Labute approximate surface area is 226 Å². The lowest BCUT2D eigenvalue weighted by molar-refractivity contribution is 0.362. The van der Waals surface area contributed by atoms with Crippen LogP contribution in [0, 0.1) is 5.92 Å². The molecule has 5 aromatic rings. The van der Waals surface area contributed by atoms with E-state index in [4.69, 9.17) is 18.9 Å². The minimum atomic E-state index is -4.85. The van der Waals surface area contributed by atoms with Gasteiger partial charge in [0.15, 0.2) is 33.9 Å². The fourth-order valence-electron chi connectivity index (χ4n) is 6.65. The van der Waals surface area contributed by atoms with Crippen molar-refractivity contribution >= 4 is 53.2 Å². The molecule has 2 atom stereocenters. The molecule has 5 aromatic carbocycles. The van der Waals surface area contributed by atoms with Crippen molar-refractivity contribution in [1.29, 1.82) is 0 Å². The molecule has 2 unspecified atom stereocenters. The van der Waals surface area contributed by atoms with Crippen LogP contribution in [0.3, 0.4) is 0 Å². The van der Waals surface area contributed by atoms with Crippen LogP contribution in [-0.4, -0.2) is 51.6 Å². The van der Waals surface area contributed by atoms with Crippen LogP contribution in [0.5, 0.6) is 34.5 Å². The summed E-state index contributed by atoms with van der Waals surface area (Å²) in [4.78, 5) is 26.9. The molecule has 11 nitrogen and oxygen atoms in total. The van der Waals surface area contributed by atoms with Crippen LogP contribution in [0.15, 0.2) is 21.7 Å². The van der Waals surface area contributed by atoms with E-state index in [9.17, 15) is 32.8 Å². The SMILES string of the molecule is COc1c(O)c2c(=O)cc(OC)c3c4c(OC)cc(=O)c5c(O)c(OC)c6c(c(c1CC(C)C6S(=O)(=O)O)c23)c54. The van der Waals surface area contributed by atoms with Crippen molar-refractivity contribution in [3.05, 3.63) is 43.7 Å². The molecule has 40 heavy (non-hydrogen) atoms. The maximum absolute atomic E-state index is 13.5. The number of ether oxygens (including phenoxy) is 4. The predicted molar refractivity (Wildman–Crippen MR) is 148 cm³/mol. The van der Waals surface area contributed by atoms with Gasteiger partial charge in [-0.2, -0.15) is 8.42 Å². The third kappa shape index (κ3) is 3.00. The Kier molecular flexibility index (Phi) is 5.42. The molecule has 0 heterocycles. The Bertz CT molecular complexity index is 2140. The molecule has 0 aromatic heterocycles. The van der Waals surface area contributed by atoms with Crippen molar-refractivity contribution in [2.75, 3.05) is 28.4 Å². The number of aromatic hydroxyl groups is 2. The molecule has 0 aliphatic heterocycles. The van der Waals surface area contributed by atoms with E-state index in [2.05, 4.69) is 0 Å². The van der Waals surface area contributed by atoms with Gasteiger partial charge in [-0.25, -0.2) is 0 Å². The fourth-order valence-corrected chi connectivity index (χ4v) is 7.86. The van der Waals surface area contributed by atoms with Gasteiger partial charge in [0, 0.05) is 50.2 Å². The Morgan fingerprint density at radius 2 is 1.18 bits per heavy atom. The zero-order valence-electron chi connectivity index (χ0n) is 22.0. The van der Waals surface area contributed by atoms with Gasteiger partial charge in [0.05, 0.1) is 39.2 Å². The first-order valence-electron chi connectivity index (χ1n) is 12.2. The van der Waals surface area contributed by atoms with Crippen LogP contribution in [0.4, 0.5) is 0 Å². The van der Waals surface area contributed by atoms with E-state index in [-0.39, 0.29) is 67.3 Å². The van der Waals surface area contributed by atoms with E-state index < -0.39 is 43.6 Å². The summed E-state index contributed by atoms with van der Waals surface area (Å²) in [5, 5.41) is 22.2. The van der Waals surface area contributed by atoms with Gasteiger partial charge in [0.2, 0.25) is 0 Å².